The first-order chi connectivity index (χ1) is 11.6. The van der Waals surface area contributed by atoms with E-state index in [-0.39, 0.29) is 17.6 Å². The Balaban J connectivity index is 1.37. The summed E-state index contributed by atoms with van der Waals surface area (Å²) in [6.07, 6.45) is 0. The second kappa shape index (κ2) is 6.06. The highest BCUT2D eigenvalue weighted by molar-refractivity contribution is 5.82. The van der Waals surface area contributed by atoms with Gasteiger partial charge in [0.15, 0.2) is 0 Å². The molecule has 2 aliphatic heterocycles. The first-order valence-electron chi connectivity index (χ1n) is 8.39. The highest BCUT2D eigenvalue weighted by atomic mass is 19.1. The van der Waals surface area contributed by atoms with Crippen LogP contribution in [0.1, 0.15) is 17.1 Å². The van der Waals surface area contributed by atoms with Crippen LogP contribution in [0.25, 0.3) is 0 Å². The van der Waals surface area contributed by atoms with Gasteiger partial charge in [0.1, 0.15) is 17.3 Å². The lowest BCUT2D eigenvalue weighted by molar-refractivity contribution is -0.131. The lowest BCUT2D eigenvalue weighted by atomic mass is 10.0. The molecule has 0 bridgehead atoms. The standard InChI is InChI=1S/C19H21FN2O2/c1-13-5-6-17(24-13)11-21-9-15-10-22(19(23)18(15)12-21)8-14-3-2-4-16(20)7-14/h2-7,15,18H,8-12H2,1H3/t15-,18-/m1/s1. The van der Waals surface area contributed by atoms with Gasteiger partial charge in [0.05, 0.1) is 12.5 Å². The normalized spacial score (nSPS) is 23.9. The zero-order valence-corrected chi connectivity index (χ0v) is 13.7. The summed E-state index contributed by atoms with van der Waals surface area (Å²) in [5, 5.41) is 0. The molecule has 4 rings (SSSR count). The molecule has 1 aromatic heterocycles. The predicted octanol–water partition coefficient (Wildman–Crippen LogP) is 2.82. The molecule has 0 radical (unpaired) electrons. The Morgan fingerprint density at radius 2 is 2.04 bits per heavy atom. The van der Waals surface area contributed by atoms with Crippen LogP contribution in [0.15, 0.2) is 40.8 Å². The third-order valence-electron chi connectivity index (χ3n) is 5.04. The molecule has 2 aromatic rings. The summed E-state index contributed by atoms with van der Waals surface area (Å²) in [6, 6.07) is 10.5. The van der Waals surface area contributed by atoms with Gasteiger partial charge in [-0.05, 0) is 36.8 Å². The Kier molecular flexibility index (Phi) is 3.88. The molecule has 4 nitrogen and oxygen atoms in total. The van der Waals surface area contributed by atoms with Crippen LogP contribution in [-0.2, 0) is 17.9 Å². The number of carbonyl (C=O) groups excluding carboxylic acids is 1. The molecular formula is C19H21FN2O2. The maximum absolute atomic E-state index is 13.3. The smallest absolute Gasteiger partial charge is 0.227 e. The molecule has 24 heavy (non-hydrogen) atoms. The SMILES string of the molecule is Cc1ccc(CN2C[C@@H]3CN(Cc4cccc(F)c4)C(=O)[C@@H]3C2)o1. The number of benzene rings is 1. The van der Waals surface area contributed by atoms with Gasteiger partial charge in [-0.1, -0.05) is 12.1 Å². The van der Waals surface area contributed by atoms with Crippen molar-refractivity contribution < 1.29 is 13.6 Å². The Hall–Kier alpha value is -2.14. The van der Waals surface area contributed by atoms with Gasteiger partial charge in [0.25, 0.3) is 0 Å². The number of likely N-dealkylation sites (tertiary alicyclic amines) is 2. The molecule has 2 fully saturated rings. The maximum Gasteiger partial charge on any atom is 0.227 e. The third-order valence-corrected chi connectivity index (χ3v) is 5.04. The van der Waals surface area contributed by atoms with Gasteiger partial charge in [-0.2, -0.15) is 0 Å². The Labute approximate surface area is 140 Å². The van der Waals surface area contributed by atoms with Crippen molar-refractivity contribution >= 4 is 5.91 Å². The summed E-state index contributed by atoms with van der Waals surface area (Å²) < 4.78 is 18.9. The van der Waals surface area contributed by atoms with Gasteiger partial charge in [-0.3, -0.25) is 9.69 Å². The van der Waals surface area contributed by atoms with Gasteiger partial charge < -0.3 is 9.32 Å². The van der Waals surface area contributed by atoms with Crippen molar-refractivity contribution in [2.45, 2.75) is 20.0 Å². The van der Waals surface area contributed by atoms with Crippen LogP contribution in [0.3, 0.4) is 0 Å². The van der Waals surface area contributed by atoms with E-state index in [4.69, 9.17) is 4.42 Å². The van der Waals surface area contributed by atoms with Crippen molar-refractivity contribution in [3.63, 3.8) is 0 Å². The van der Waals surface area contributed by atoms with Crippen molar-refractivity contribution in [1.82, 2.24) is 9.80 Å². The second-order valence-corrected chi connectivity index (χ2v) is 6.92. The fraction of sp³-hybridized carbons (Fsp3) is 0.421. The molecule has 0 saturated carbocycles. The topological polar surface area (TPSA) is 36.7 Å². The first-order valence-corrected chi connectivity index (χ1v) is 8.39. The lowest BCUT2D eigenvalue weighted by Gasteiger charge is -2.21. The van der Waals surface area contributed by atoms with Crippen LogP contribution in [0.2, 0.25) is 0 Å². The number of rotatable bonds is 4. The number of amides is 1. The highest BCUT2D eigenvalue weighted by Crippen LogP contribution is 2.34. The average Bonchev–Trinajstić information content (AvgIpc) is 3.19. The molecule has 5 heteroatoms. The summed E-state index contributed by atoms with van der Waals surface area (Å²) >= 11 is 0. The lowest BCUT2D eigenvalue weighted by Crippen LogP contribution is -2.32. The van der Waals surface area contributed by atoms with Crippen LogP contribution in [-0.4, -0.2) is 35.3 Å². The number of furan rings is 1. The van der Waals surface area contributed by atoms with E-state index in [2.05, 4.69) is 4.90 Å². The predicted molar refractivity (Wildman–Crippen MR) is 87.5 cm³/mol. The molecule has 0 spiro atoms. The van der Waals surface area contributed by atoms with E-state index in [1.165, 1.54) is 12.1 Å². The Morgan fingerprint density at radius 3 is 2.75 bits per heavy atom. The van der Waals surface area contributed by atoms with Crippen molar-refractivity contribution in [2.75, 3.05) is 19.6 Å². The fourth-order valence-electron chi connectivity index (χ4n) is 3.95. The number of halogens is 1. The van der Waals surface area contributed by atoms with Crippen LogP contribution in [0.4, 0.5) is 4.39 Å². The summed E-state index contributed by atoms with van der Waals surface area (Å²) in [7, 11) is 0. The zero-order chi connectivity index (χ0) is 16.7. The van der Waals surface area contributed by atoms with Gasteiger partial charge >= 0.3 is 0 Å². The minimum atomic E-state index is -0.251. The molecule has 126 valence electrons. The first kappa shape index (κ1) is 15.4. The molecule has 0 aliphatic carbocycles. The quantitative estimate of drug-likeness (QED) is 0.866. The van der Waals surface area contributed by atoms with Crippen molar-refractivity contribution in [2.24, 2.45) is 11.8 Å². The van der Waals surface area contributed by atoms with Crippen LogP contribution in [0, 0.1) is 24.6 Å². The molecule has 3 heterocycles. The largest absolute Gasteiger partial charge is 0.465 e. The van der Waals surface area contributed by atoms with Gasteiger partial charge in [-0.15, -0.1) is 0 Å². The molecule has 1 amide bonds. The van der Waals surface area contributed by atoms with Crippen LogP contribution < -0.4 is 0 Å². The van der Waals surface area contributed by atoms with Crippen molar-refractivity contribution in [1.29, 1.82) is 0 Å². The molecule has 2 saturated heterocycles. The number of nitrogens with zero attached hydrogens (tertiary/aromatic N) is 2. The number of hydrogen-bond acceptors (Lipinski definition) is 3. The highest BCUT2D eigenvalue weighted by Gasteiger charge is 2.45. The fourth-order valence-corrected chi connectivity index (χ4v) is 3.95. The average molecular weight is 328 g/mol. The van der Waals surface area contributed by atoms with Crippen molar-refractivity contribution in [3.05, 3.63) is 59.3 Å². The Bertz CT molecular complexity index is 757. The van der Waals surface area contributed by atoms with E-state index >= 15 is 0 Å². The summed E-state index contributed by atoms with van der Waals surface area (Å²) in [6.45, 7) is 5.65. The third kappa shape index (κ3) is 2.96. The van der Waals surface area contributed by atoms with Gasteiger partial charge in [0.2, 0.25) is 5.91 Å². The number of fused-ring (bicyclic) bond motifs is 1. The van der Waals surface area contributed by atoms with E-state index in [1.807, 2.05) is 30.0 Å². The minimum absolute atomic E-state index is 0.0645. The van der Waals surface area contributed by atoms with Crippen LogP contribution >= 0.6 is 0 Å². The molecule has 1 aromatic carbocycles. The Morgan fingerprint density at radius 1 is 1.17 bits per heavy atom. The molecule has 0 N–H and O–H groups in total. The molecule has 2 aliphatic rings. The zero-order valence-electron chi connectivity index (χ0n) is 13.7. The van der Waals surface area contributed by atoms with E-state index in [9.17, 15) is 9.18 Å². The van der Waals surface area contributed by atoms with Crippen LogP contribution in [0.5, 0.6) is 0 Å². The molecular weight excluding hydrogens is 307 g/mol. The molecule has 2 atom stereocenters. The second-order valence-electron chi connectivity index (χ2n) is 6.92. The monoisotopic (exact) mass is 328 g/mol. The summed E-state index contributed by atoms with van der Waals surface area (Å²) in [4.78, 5) is 16.8. The van der Waals surface area contributed by atoms with E-state index < -0.39 is 0 Å². The van der Waals surface area contributed by atoms with Gasteiger partial charge in [-0.25, -0.2) is 4.39 Å². The summed E-state index contributed by atoms with van der Waals surface area (Å²) in [5.74, 6) is 2.25. The van der Waals surface area contributed by atoms with E-state index in [0.29, 0.717) is 12.5 Å². The van der Waals surface area contributed by atoms with Crippen molar-refractivity contribution in [3.8, 4) is 0 Å². The molecule has 0 unspecified atom stereocenters. The summed E-state index contributed by atoms with van der Waals surface area (Å²) in [5.41, 5.74) is 0.853. The van der Waals surface area contributed by atoms with E-state index in [0.717, 1.165) is 43.3 Å². The van der Waals surface area contributed by atoms with E-state index in [1.54, 1.807) is 6.07 Å². The van der Waals surface area contributed by atoms with Gasteiger partial charge in [0, 0.05) is 32.1 Å². The number of carbonyl (C=O) groups is 1. The number of aryl methyl sites for hydroxylation is 1. The minimum Gasteiger partial charge on any atom is -0.465 e. The number of hydrogen-bond donors (Lipinski definition) is 0. The maximum atomic E-state index is 13.3.